The first-order valence-corrected chi connectivity index (χ1v) is 2.67. The van der Waals surface area contributed by atoms with Gasteiger partial charge in [-0.05, 0) is 13.8 Å². The highest BCUT2D eigenvalue weighted by Crippen LogP contribution is 1.87. The summed E-state index contributed by atoms with van der Waals surface area (Å²) in [5, 5.41) is 8.11. The molecule has 0 aliphatic rings. The van der Waals surface area contributed by atoms with Gasteiger partial charge in [0, 0.05) is 6.08 Å². The van der Waals surface area contributed by atoms with Gasteiger partial charge in [0.25, 0.3) is 0 Å². The van der Waals surface area contributed by atoms with Gasteiger partial charge in [-0.3, -0.25) is 0 Å². The summed E-state index contributed by atoms with van der Waals surface area (Å²) < 4.78 is 0. The molecule has 0 rings (SSSR count). The summed E-state index contributed by atoms with van der Waals surface area (Å²) in [6.45, 7) is 3.82. The molecule has 0 aliphatic heterocycles. The number of carbonyl (C=O) groups is 1. The topological polar surface area (TPSA) is 37.3 Å². The molecule has 50 valence electrons. The minimum Gasteiger partial charge on any atom is -0.478 e. The Labute approximate surface area is 54.5 Å². The number of hydrogen-bond donors (Lipinski definition) is 1. The Hall–Kier alpha value is -1.05. The van der Waals surface area contributed by atoms with Crippen LogP contribution < -0.4 is 0 Å². The van der Waals surface area contributed by atoms with Gasteiger partial charge in [-0.2, -0.15) is 0 Å². The van der Waals surface area contributed by atoms with Gasteiger partial charge in [0.2, 0.25) is 0 Å². The molecule has 0 aromatic heterocycles. The zero-order chi connectivity index (χ0) is 7.28. The predicted molar refractivity (Wildman–Crippen MR) is 36.2 cm³/mol. The average molecular weight is 126 g/mol. The SMILES string of the molecule is CC(C)=C/C=C\C(=O)O. The number of carboxylic acids is 1. The minimum atomic E-state index is -0.910. The van der Waals surface area contributed by atoms with Crippen LogP contribution >= 0.6 is 0 Å². The van der Waals surface area contributed by atoms with E-state index in [2.05, 4.69) is 0 Å². The van der Waals surface area contributed by atoms with Gasteiger partial charge in [-0.25, -0.2) is 4.79 Å². The first kappa shape index (κ1) is 7.95. The zero-order valence-corrected chi connectivity index (χ0v) is 5.59. The number of hydrogen-bond acceptors (Lipinski definition) is 1. The number of carboxylic acid groups (broad SMARTS) is 1. The van der Waals surface area contributed by atoms with Crippen LogP contribution in [0.5, 0.6) is 0 Å². The van der Waals surface area contributed by atoms with E-state index in [1.165, 1.54) is 6.08 Å². The largest absolute Gasteiger partial charge is 0.478 e. The molecular formula is C7H10O2. The van der Waals surface area contributed by atoms with Crippen LogP contribution in [0.2, 0.25) is 0 Å². The van der Waals surface area contributed by atoms with Crippen molar-refractivity contribution in [3.63, 3.8) is 0 Å². The van der Waals surface area contributed by atoms with Crippen molar-refractivity contribution in [2.45, 2.75) is 13.8 Å². The maximum atomic E-state index is 9.86. The van der Waals surface area contributed by atoms with Crippen LogP contribution in [0.15, 0.2) is 23.8 Å². The smallest absolute Gasteiger partial charge is 0.328 e. The average Bonchev–Trinajstić information content (AvgIpc) is 1.63. The monoisotopic (exact) mass is 126 g/mol. The predicted octanol–water partition coefficient (Wildman–Crippen LogP) is 1.59. The third kappa shape index (κ3) is 6.95. The van der Waals surface area contributed by atoms with E-state index in [9.17, 15) is 4.79 Å². The van der Waals surface area contributed by atoms with Crippen LogP contribution in [0.3, 0.4) is 0 Å². The van der Waals surface area contributed by atoms with Crippen LogP contribution in [0.25, 0.3) is 0 Å². The molecule has 0 amide bonds. The molecule has 0 saturated carbocycles. The van der Waals surface area contributed by atoms with Crippen molar-refractivity contribution < 1.29 is 9.90 Å². The van der Waals surface area contributed by atoms with Crippen LogP contribution in [-0.2, 0) is 4.79 Å². The lowest BCUT2D eigenvalue weighted by Crippen LogP contribution is -1.84. The number of rotatable bonds is 2. The molecule has 0 radical (unpaired) electrons. The maximum Gasteiger partial charge on any atom is 0.328 e. The Kier molecular flexibility index (Phi) is 3.44. The zero-order valence-electron chi connectivity index (χ0n) is 5.59. The normalized spacial score (nSPS) is 9.56. The fraction of sp³-hybridized carbons (Fsp3) is 0.286. The van der Waals surface area contributed by atoms with Gasteiger partial charge < -0.3 is 5.11 Å². The highest BCUT2D eigenvalue weighted by atomic mass is 16.4. The van der Waals surface area contributed by atoms with Crippen LogP contribution in [0, 0.1) is 0 Å². The molecule has 0 aromatic carbocycles. The van der Waals surface area contributed by atoms with Crippen molar-refractivity contribution in [1.29, 1.82) is 0 Å². The Morgan fingerprint density at radius 2 is 2.00 bits per heavy atom. The highest BCUT2D eigenvalue weighted by Gasteiger charge is 1.80. The second-order valence-electron chi connectivity index (χ2n) is 1.94. The Morgan fingerprint density at radius 1 is 1.44 bits per heavy atom. The van der Waals surface area contributed by atoms with E-state index in [1.807, 2.05) is 13.8 Å². The molecule has 0 aliphatic carbocycles. The van der Waals surface area contributed by atoms with Crippen molar-refractivity contribution in [3.05, 3.63) is 23.8 Å². The molecule has 0 atom stereocenters. The molecule has 9 heavy (non-hydrogen) atoms. The van der Waals surface area contributed by atoms with Gasteiger partial charge in [0.1, 0.15) is 0 Å². The van der Waals surface area contributed by atoms with E-state index < -0.39 is 5.97 Å². The molecule has 2 heteroatoms. The first-order valence-electron chi connectivity index (χ1n) is 2.67. The van der Waals surface area contributed by atoms with Crippen molar-refractivity contribution >= 4 is 5.97 Å². The van der Waals surface area contributed by atoms with E-state index in [0.717, 1.165) is 11.6 Å². The Balaban J connectivity index is 3.74. The quantitative estimate of drug-likeness (QED) is 0.450. The van der Waals surface area contributed by atoms with Crippen LogP contribution in [-0.4, -0.2) is 11.1 Å². The second-order valence-corrected chi connectivity index (χ2v) is 1.94. The first-order chi connectivity index (χ1) is 4.13. The van der Waals surface area contributed by atoms with Crippen molar-refractivity contribution in [2.24, 2.45) is 0 Å². The highest BCUT2D eigenvalue weighted by molar-refractivity contribution is 5.80. The summed E-state index contributed by atoms with van der Waals surface area (Å²) in [5.74, 6) is -0.910. The molecule has 0 spiro atoms. The molecule has 0 aromatic rings. The van der Waals surface area contributed by atoms with Crippen LogP contribution in [0.1, 0.15) is 13.8 Å². The summed E-state index contributed by atoms with van der Waals surface area (Å²) in [6.07, 6.45) is 4.36. The molecule has 2 nitrogen and oxygen atoms in total. The number of aliphatic carboxylic acids is 1. The van der Waals surface area contributed by atoms with Crippen molar-refractivity contribution in [1.82, 2.24) is 0 Å². The van der Waals surface area contributed by atoms with E-state index in [1.54, 1.807) is 6.08 Å². The summed E-state index contributed by atoms with van der Waals surface area (Å²) in [4.78, 5) is 9.86. The van der Waals surface area contributed by atoms with Crippen molar-refractivity contribution in [2.75, 3.05) is 0 Å². The molecule has 0 saturated heterocycles. The standard InChI is InChI=1S/C7H10O2/c1-6(2)4-3-5-7(8)9/h3-5H,1-2H3,(H,8,9)/b5-3-. The van der Waals surface area contributed by atoms with Crippen molar-refractivity contribution in [3.8, 4) is 0 Å². The Bertz CT molecular complexity index is 150. The lowest BCUT2D eigenvalue weighted by molar-refractivity contribution is -0.131. The summed E-state index contributed by atoms with van der Waals surface area (Å²) in [5.41, 5.74) is 1.09. The molecule has 0 bridgehead atoms. The summed E-state index contributed by atoms with van der Waals surface area (Å²) in [6, 6.07) is 0. The fourth-order valence-corrected chi connectivity index (χ4v) is 0.323. The van der Waals surface area contributed by atoms with Gasteiger partial charge in [-0.1, -0.05) is 17.7 Å². The molecular weight excluding hydrogens is 116 g/mol. The second kappa shape index (κ2) is 3.89. The van der Waals surface area contributed by atoms with E-state index in [0.29, 0.717) is 0 Å². The van der Waals surface area contributed by atoms with E-state index >= 15 is 0 Å². The fourth-order valence-electron chi connectivity index (χ4n) is 0.323. The summed E-state index contributed by atoms with van der Waals surface area (Å²) >= 11 is 0. The maximum absolute atomic E-state index is 9.86. The van der Waals surface area contributed by atoms with Gasteiger partial charge in [0.15, 0.2) is 0 Å². The lowest BCUT2D eigenvalue weighted by atomic mass is 10.3. The van der Waals surface area contributed by atoms with Gasteiger partial charge >= 0.3 is 5.97 Å². The molecule has 1 N–H and O–H groups in total. The van der Waals surface area contributed by atoms with Crippen LogP contribution in [0.4, 0.5) is 0 Å². The third-order valence-electron chi connectivity index (χ3n) is 0.668. The van der Waals surface area contributed by atoms with E-state index in [4.69, 9.17) is 5.11 Å². The third-order valence-corrected chi connectivity index (χ3v) is 0.668. The molecule has 0 unspecified atom stereocenters. The van der Waals surface area contributed by atoms with Gasteiger partial charge in [0.05, 0.1) is 0 Å². The number of allylic oxidation sites excluding steroid dienone is 3. The molecule has 0 heterocycles. The van der Waals surface area contributed by atoms with Gasteiger partial charge in [-0.15, -0.1) is 0 Å². The summed E-state index contributed by atoms with van der Waals surface area (Å²) in [7, 11) is 0. The molecule has 0 fully saturated rings. The Morgan fingerprint density at radius 3 is 2.33 bits per heavy atom. The van der Waals surface area contributed by atoms with E-state index in [-0.39, 0.29) is 0 Å². The lowest BCUT2D eigenvalue weighted by Gasteiger charge is -1.79. The minimum absolute atomic E-state index is 0.910.